The smallest absolute Gasteiger partial charge is 0.335 e. The minimum absolute atomic E-state index is 0.0431. The lowest BCUT2D eigenvalue weighted by atomic mass is 9.71. The molecule has 0 heterocycles. The first kappa shape index (κ1) is 25.7. The third-order valence-corrected chi connectivity index (χ3v) is 5.91. The van der Waals surface area contributed by atoms with Crippen LogP contribution in [0.15, 0.2) is 96.3 Å². The van der Waals surface area contributed by atoms with Gasteiger partial charge in [0.25, 0.3) is 0 Å². The number of hydrogen-bond donors (Lipinski definition) is 4. The van der Waals surface area contributed by atoms with Crippen molar-refractivity contribution < 1.29 is 49.1 Å². The summed E-state index contributed by atoms with van der Waals surface area (Å²) in [5.74, 6) is -6.35. The maximum Gasteiger partial charge on any atom is 0.335 e. The van der Waals surface area contributed by atoms with Crippen LogP contribution >= 0.6 is 0 Å². The Morgan fingerprint density at radius 3 is 1.74 bits per heavy atom. The molecule has 0 bridgehead atoms. The summed E-state index contributed by atoms with van der Waals surface area (Å²) in [6.45, 7) is 0. The van der Waals surface area contributed by atoms with E-state index in [0.29, 0.717) is 5.75 Å². The van der Waals surface area contributed by atoms with E-state index in [1.165, 1.54) is 18.2 Å². The Labute approximate surface area is 215 Å². The number of para-hydroxylation sites is 2. The SMILES string of the molecule is O=C(O)C1=CC(c2cc(C(=O)O)ccc2Oc2ccccc2)=C(Oc2ccccc2)CC1(C(=O)O)C(=O)O. The van der Waals surface area contributed by atoms with Gasteiger partial charge in [0, 0.05) is 17.6 Å². The lowest BCUT2D eigenvalue weighted by Crippen LogP contribution is -2.45. The van der Waals surface area contributed by atoms with Gasteiger partial charge in [-0.05, 0) is 48.5 Å². The van der Waals surface area contributed by atoms with Gasteiger partial charge in [0.05, 0.1) is 11.1 Å². The van der Waals surface area contributed by atoms with Crippen molar-refractivity contribution in [3.05, 3.63) is 107 Å². The summed E-state index contributed by atoms with van der Waals surface area (Å²) >= 11 is 0. The molecule has 3 aromatic carbocycles. The van der Waals surface area contributed by atoms with E-state index >= 15 is 0 Å². The van der Waals surface area contributed by atoms with Crippen LogP contribution in [0.25, 0.3) is 5.57 Å². The molecule has 0 aliphatic heterocycles. The molecule has 3 aromatic rings. The second kappa shape index (κ2) is 10.3. The van der Waals surface area contributed by atoms with Crippen molar-refractivity contribution in [2.75, 3.05) is 0 Å². The molecular formula is C28H20O10. The molecule has 0 aromatic heterocycles. The minimum atomic E-state index is -2.87. The van der Waals surface area contributed by atoms with Crippen molar-refractivity contribution in [2.24, 2.45) is 5.41 Å². The fourth-order valence-corrected chi connectivity index (χ4v) is 4.02. The number of ether oxygens (including phenoxy) is 2. The number of aliphatic carboxylic acids is 3. The number of allylic oxidation sites excluding steroid dienone is 3. The van der Waals surface area contributed by atoms with Gasteiger partial charge >= 0.3 is 23.9 Å². The zero-order valence-electron chi connectivity index (χ0n) is 19.5. The molecule has 0 fully saturated rings. The van der Waals surface area contributed by atoms with Crippen molar-refractivity contribution in [1.29, 1.82) is 0 Å². The topological polar surface area (TPSA) is 168 Å². The van der Waals surface area contributed by atoms with E-state index in [0.717, 1.165) is 6.08 Å². The predicted octanol–water partition coefficient (Wildman–Crippen LogP) is 4.54. The van der Waals surface area contributed by atoms with Gasteiger partial charge in [0.15, 0.2) is 0 Å². The number of aromatic carboxylic acids is 1. The lowest BCUT2D eigenvalue weighted by molar-refractivity contribution is -0.164. The number of benzene rings is 3. The Morgan fingerprint density at radius 1 is 0.684 bits per heavy atom. The molecule has 0 spiro atoms. The average molecular weight is 516 g/mol. The molecule has 0 amide bonds. The molecule has 4 N–H and O–H groups in total. The summed E-state index contributed by atoms with van der Waals surface area (Å²) in [6.07, 6.45) is 0.00721. The molecule has 10 heteroatoms. The zero-order valence-corrected chi connectivity index (χ0v) is 19.5. The highest BCUT2D eigenvalue weighted by Gasteiger charge is 2.56. The van der Waals surface area contributed by atoms with E-state index in [4.69, 9.17) is 9.47 Å². The number of carboxylic acid groups (broad SMARTS) is 4. The average Bonchev–Trinajstić information content (AvgIpc) is 2.89. The highest BCUT2D eigenvalue weighted by atomic mass is 16.5. The Bertz CT molecular complexity index is 1470. The summed E-state index contributed by atoms with van der Waals surface area (Å²) in [6, 6.07) is 20.4. The molecule has 0 atom stereocenters. The van der Waals surface area contributed by atoms with Gasteiger partial charge in [-0.2, -0.15) is 0 Å². The molecule has 0 saturated carbocycles. The normalized spacial score (nSPS) is 14.3. The van der Waals surface area contributed by atoms with Gasteiger partial charge in [0.1, 0.15) is 23.0 Å². The lowest BCUT2D eigenvalue weighted by Gasteiger charge is -2.32. The van der Waals surface area contributed by atoms with E-state index < -0.39 is 41.3 Å². The molecule has 38 heavy (non-hydrogen) atoms. The third-order valence-electron chi connectivity index (χ3n) is 5.91. The van der Waals surface area contributed by atoms with Crippen molar-refractivity contribution in [3.63, 3.8) is 0 Å². The Hall–Kier alpha value is -5.38. The van der Waals surface area contributed by atoms with Crippen LogP contribution in [-0.4, -0.2) is 44.3 Å². The van der Waals surface area contributed by atoms with Crippen LogP contribution in [-0.2, 0) is 14.4 Å². The fraction of sp³-hybridized carbons (Fsp3) is 0.0714. The quantitative estimate of drug-likeness (QED) is 0.296. The van der Waals surface area contributed by atoms with Crippen molar-refractivity contribution in [3.8, 4) is 17.2 Å². The fourth-order valence-electron chi connectivity index (χ4n) is 4.02. The van der Waals surface area contributed by atoms with Crippen LogP contribution in [0, 0.1) is 5.41 Å². The summed E-state index contributed by atoms with van der Waals surface area (Å²) < 4.78 is 11.9. The Balaban J connectivity index is 2.01. The van der Waals surface area contributed by atoms with Gasteiger partial charge in [-0.25, -0.2) is 9.59 Å². The molecule has 1 aliphatic carbocycles. The van der Waals surface area contributed by atoms with Crippen LogP contribution < -0.4 is 9.47 Å². The highest BCUT2D eigenvalue weighted by molar-refractivity contribution is 6.13. The van der Waals surface area contributed by atoms with Gasteiger partial charge in [-0.3, -0.25) is 9.59 Å². The minimum Gasteiger partial charge on any atom is -0.480 e. The summed E-state index contributed by atoms with van der Waals surface area (Å²) in [5.41, 5.74) is -3.96. The molecule has 4 rings (SSSR count). The Kier molecular flexibility index (Phi) is 6.98. The highest BCUT2D eigenvalue weighted by Crippen LogP contribution is 2.46. The Morgan fingerprint density at radius 2 is 1.24 bits per heavy atom. The molecule has 0 radical (unpaired) electrons. The molecule has 1 aliphatic rings. The molecular weight excluding hydrogens is 496 g/mol. The van der Waals surface area contributed by atoms with Gasteiger partial charge in [-0.15, -0.1) is 0 Å². The van der Waals surface area contributed by atoms with E-state index in [-0.39, 0.29) is 34.0 Å². The first-order valence-electron chi connectivity index (χ1n) is 11.1. The van der Waals surface area contributed by atoms with Crippen LogP contribution in [0.3, 0.4) is 0 Å². The van der Waals surface area contributed by atoms with Crippen LogP contribution in [0.5, 0.6) is 17.2 Å². The largest absolute Gasteiger partial charge is 0.480 e. The monoisotopic (exact) mass is 516 g/mol. The number of carbonyl (C=O) groups is 4. The molecule has 0 saturated heterocycles. The van der Waals surface area contributed by atoms with Gasteiger partial charge < -0.3 is 29.9 Å². The number of rotatable bonds is 9. The number of hydrogen-bond acceptors (Lipinski definition) is 6. The predicted molar refractivity (Wildman–Crippen MR) is 132 cm³/mol. The van der Waals surface area contributed by atoms with E-state index in [2.05, 4.69) is 0 Å². The second-order valence-corrected chi connectivity index (χ2v) is 8.24. The third kappa shape index (κ3) is 4.82. The van der Waals surface area contributed by atoms with Crippen molar-refractivity contribution in [1.82, 2.24) is 0 Å². The summed E-state index contributed by atoms with van der Waals surface area (Å²) in [4.78, 5) is 48.5. The summed E-state index contributed by atoms with van der Waals surface area (Å²) in [7, 11) is 0. The maximum absolute atomic E-state index is 12.3. The standard InChI is InChI=1S/C28H20O10/c29-24(30)16-11-12-22(37-17-7-3-1-4-8-17)19(13-16)20-14-21(25(31)32)28(26(33)34,27(35)36)15-23(20)38-18-9-5-2-6-10-18/h1-14H,15H2,(H,29,30)(H,31,32)(H,33,34)(H,35,36). The zero-order chi connectivity index (χ0) is 27.4. The van der Waals surface area contributed by atoms with Crippen LogP contribution in [0.2, 0.25) is 0 Å². The van der Waals surface area contributed by atoms with E-state index in [1.807, 2.05) is 0 Å². The van der Waals surface area contributed by atoms with Crippen molar-refractivity contribution >= 4 is 29.5 Å². The molecule has 192 valence electrons. The van der Waals surface area contributed by atoms with E-state index in [9.17, 15) is 39.6 Å². The molecule has 10 nitrogen and oxygen atoms in total. The van der Waals surface area contributed by atoms with Gasteiger partial charge in [0.2, 0.25) is 5.41 Å². The van der Waals surface area contributed by atoms with Crippen molar-refractivity contribution in [2.45, 2.75) is 6.42 Å². The van der Waals surface area contributed by atoms with E-state index in [1.54, 1.807) is 60.7 Å². The first-order valence-corrected chi connectivity index (χ1v) is 11.1. The maximum atomic E-state index is 12.3. The van der Waals surface area contributed by atoms with Crippen LogP contribution in [0.1, 0.15) is 22.3 Å². The second-order valence-electron chi connectivity index (χ2n) is 8.24. The first-order chi connectivity index (χ1) is 18.1. The molecule has 0 unspecified atom stereocenters. The van der Waals surface area contributed by atoms with Gasteiger partial charge in [-0.1, -0.05) is 36.4 Å². The van der Waals surface area contributed by atoms with Crippen LogP contribution in [0.4, 0.5) is 0 Å². The summed E-state index contributed by atoms with van der Waals surface area (Å²) in [5, 5.41) is 39.3. The number of carboxylic acids is 4.